The van der Waals surface area contributed by atoms with E-state index in [0.29, 0.717) is 5.25 Å². The van der Waals surface area contributed by atoms with Crippen LogP contribution in [0.15, 0.2) is 29.4 Å². The van der Waals surface area contributed by atoms with E-state index >= 15 is 0 Å². The number of thioether (sulfide) groups is 1. The summed E-state index contributed by atoms with van der Waals surface area (Å²) in [6.07, 6.45) is 0. The average Bonchev–Trinajstić information content (AvgIpc) is 2.65. The summed E-state index contributed by atoms with van der Waals surface area (Å²) in [5.74, 6) is 0. The number of hydrogen-bond acceptors (Lipinski definition) is 4. The van der Waals surface area contributed by atoms with Crippen molar-refractivity contribution >= 4 is 33.8 Å². The molecule has 0 aliphatic carbocycles. The van der Waals surface area contributed by atoms with Gasteiger partial charge in [-0.25, -0.2) is 4.98 Å². The van der Waals surface area contributed by atoms with Crippen molar-refractivity contribution in [2.24, 2.45) is 0 Å². The van der Waals surface area contributed by atoms with Crippen molar-refractivity contribution in [3.8, 4) is 0 Å². The first-order valence-electron chi connectivity index (χ1n) is 5.52. The first-order chi connectivity index (χ1) is 8.24. The van der Waals surface area contributed by atoms with Crippen molar-refractivity contribution in [1.29, 1.82) is 0 Å². The molecular formula is C12H12N4S. The minimum Gasteiger partial charge on any atom is -0.338 e. The van der Waals surface area contributed by atoms with Crippen molar-refractivity contribution < 1.29 is 0 Å². The molecule has 0 amide bonds. The van der Waals surface area contributed by atoms with Crippen LogP contribution in [-0.4, -0.2) is 25.4 Å². The molecule has 0 bridgehead atoms. The summed E-state index contributed by atoms with van der Waals surface area (Å²) in [5.41, 5.74) is 2.70. The Labute approximate surface area is 103 Å². The van der Waals surface area contributed by atoms with Gasteiger partial charge in [-0.05, 0) is 6.07 Å². The number of benzene rings is 1. The molecule has 0 aliphatic heterocycles. The maximum absolute atomic E-state index is 4.49. The van der Waals surface area contributed by atoms with Crippen molar-refractivity contribution in [3.05, 3.63) is 24.3 Å². The Hall–Kier alpha value is -1.62. The van der Waals surface area contributed by atoms with E-state index in [2.05, 4.69) is 34.0 Å². The van der Waals surface area contributed by atoms with Crippen LogP contribution < -0.4 is 0 Å². The van der Waals surface area contributed by atoms with Crippen LogP contribution in [0.1, 0.15) is 13.8 Å². The van der Waals surface area contributed by atoms with Gasteiger partial charge in [0, 0.05) is 16.2 Å². The molecule has 3 aromatic rings. The number of nitrogens with one attached hydrogen (secondary N) is 1. The molecular weight excluding hydrogens is 232 g/mol. The van der Waals surface area contributed by atoms with Gasteiger partial charge < -0.3 is 4.98 Å². The molecule has 0 saturated heterocycles. The fourth-order valence-electron chi connectivity index (χ4n) is 1.77. The quantitative estimate of drug-likeness (QED) is 0.704. The number of nitrogens with zero attached hydrogens (tertiary/aromatic N) is 3. The minimum atomic E-state index is 0.457. The molecule has 1 N–H and O–H groups in total. The summed E-state index contributed by atoms with van der Waals surface area (Å²) in [6, 6.07) is 8.04. The van der Waals surface area contributed by atoms with Crippen molar-refractivity contribution in [1.82, 2.24) is 20.2 Å². The zero-order valence-electron chi connectivity index (χ0n) is 9.64. The maximum atomic E-state index is 4.49. The molecule has 4 nitrogen and oxygen atoms in total. The van der Waals surface area contributed by atoms with Gasteiger partial charge in [0.25, 0.3) is 0 Å². The first kappa shape index (κ1) is 10.5. The number of para-hydroxylation sites is 1. The maximum Gasteiger partial charge on any atom is 0.211 e. The molecule has 3 rings (SSSR count). The fourth-order valence-corrected chi connectivity index (χ4v) is 2.42. The second kappa shape index (κ2) is 4.00. The highest BCUT2D eigenvalue weighted by molar-refractivity contribution is 7.99. The molecule has 0 unspecified atom stereocenters. The van der Waals surface area contributed by atoms with Crippen LogP contribution in [0.2, 0.25) is 0 Å². The normalized spacial score (nSPS) is 11.7. The standard InChI is InChI=1S/C12H12N4S/c1-7(2)17-12-14-11-10(15-16-12)8-5-3-4-6-9(8)13-11/h3-7H,1-2H3,(H,13,14,16). The van der Waals surface area contributed by atoms with Gasteiger partial charge in [-0.2, -0.15) is 0 Å². The van der Waals surface area contributed by atoms with Crippen LogP contribution in [0.3, 0.4) is 0 Å². The Bertz CT molecular complexity index is 674. The highest BCUT2D eigenvalue weighted by Gasteiger charge is 2.09. The molecule has 0 saturated carbocycles. The summed E-state index contributed by atoms with van der Waals surface area (Å²) < 4.78 is 0. The monoisotopic (exact) mass is 244 g/mol. The zero-order chi connectivity index (χ0) is 11.8. The largest absolute Gasteiger partial charge is 0.338 e. The van der Waals surface area contributed by atoms with Crippen molar-refractivity contribution in [2.75, 3.05) is 0 Å². The molecule has 2 heterocycles. The predicted octanol–water partition coefficient (Wildman–Crippen LogP) is 3.01. The van der Waals surface area contributed by atoms with E-state index < -0.39 is 0 Å². The lowest BCUT2D eigenvalue weighted by molar-refractivity contribution is 0.872. The van der Waals surface area contributed by atoms with Crippen LogP contribution in [0, 0.1) is 0 Å². The van der Waals surface area contributed by atoms with Crippen LogP contribution in [0.4, 0.5) is 0 Å². The summed E-state index contributed by atoms with van der Waals surface area (Å²) in [7, 11) is 0. The smallest absolute Gasteiger partial charge is 0.211 e. The van der Waals surface area contributed by atoms with Crippen LogP contribution in [0.5, 0.6) is 0 Å². The third-order valence-corrected chi connectivity index (χ3v) is 3.30. The van der Waals surface area contributed by atoms with E-state index in [1.807, 2.05) is 24.3 Å². The van der Waals surface area contributed by atoms with E-state index in [-0.39, 0.29) is 0 Å². The van der Waals surface area contributed by atoms with E-state index in [0.717, 1.165) is 27.2 Å². The number of rotatable bonds is 2. The van der Waals surface area contributed by atoms with Crippen molar-refractivity contribution in [3.63, 3.8) is 0 Å². The molecule has 17 heavy (non-hydrogen) atoms. The predicted molar refractivity (Wildman–Crippen MR) is 70.2 cm³/mol. The van der Waals surface area contributed by atoms with E-state index in [9.17, 15) is 0 Å². The Balaban J connectivity index is 2.20. The van der Waals surface area contributed by atoms with Gasteiger partial charge in [-0.1, -0.05) is 43.8 Å². The summed E-state index contributed by atoms with van der Waals surface area (Å²) in [5, 5.41) is 10.7. The molecule has 0 spiro atoms. The SMILES string of the molecule is CC(C)Sc1nnc2c(n1)[nH]c1ccccc12. The van der Waals surface area contributed by atoms with Gasteiger partial charge in [-0.15, -0.1) is 10.2 Å². The van der Waals surface area contributed by atoms with Gasteiger partial charge in [0.2, 0.25) is 5.16 Å². The third-order valence-electron chi connectivity index (χ3n) is 2.44. The van der Waals surface area contributed by atoms with Crippen LogP contribution in [-0.2, 0) is 0 Å². The lowest BCUT2D eigenvalue weighted by atomic mass is 10.2. The van der Waals surface area contributed by atoms with Gasteiger partial charge in [-0.3, -0.25) is 0 Å². The number of aromatic nitrogens is 4. The second-order valence-corrected chi connectivity index (χ2v) is 5.67. The summed E-state index contributed by atoms with van der Waals surface area (Å²) in [4.78, 5) is 7.75. The minimum absolute atomic E-state index is 0.457. The van der Waals surface area contributed by atoms with Crippen molar-refractivity contribution in [2.45, 2.75) is 24.3 Å². The van der Waals surface area contributed by atoms with E-state index in [1.165, 1.54) is 0 Å². The third kappa shape index (κ3) is 1.86. The van der Waals surface area contributed by atoms with E-state index in [4.69, 9.17) is 0 Å². The summed E-state index contributed by atoms with van der Waals surface area (Å²) in [6.45, 7) is 4.23. The second-order valence-electron chi connectivity index (χ2n) is 4.13. The highest BCUT2D eigenvalue weighted by atomic mass is 32.2. The Kier molecular flexibility index (Phi) is 2.48. The number of H-pyrrole nitrogens is 1. The van der Waals surface area contributed by atoms with Crippen LogP contribution in [0.25, 0.3) is 22.1 Å². The lowest BCUT2D eigenvalue weighted by Crippen LogP contribution is -1.95. The Morgan fingerprint density at radius 3 is 2.82 bits per heavy atom. The molecule has 2 aromatic heterocycles. The molecule has 1 aromatic carbocycles. The fraction of sp³-hybridized carbons (Fsp3) is 0.250. The van der Waals surface area contributed by atoms with Gasteiger partial charge in [0.1, 0.15) is 5.52 Å². The topological polar surface area (TPSA) is 54.5 Å². The van der Waals surface area contributed by atoms with E-state index in [1.54, 1.807) is 11.8 Å². The Morgan fingerprint density at radius 2 is 2.00 bits per heavy atom. The summed E-state index contributed by atoms with van der Waals surface area (Å²) >= 11 is 1.62. The molecule has 5 heteroatoms. The lowest BCUT2D eigenvalue weighted by Gasteiger charge is -2.00. The van der Waals surface area contributed by atoms with Gasteiger partial charge in [0.15, 0.2) is 5.65 Å². The van der Waals surface area contributed by atoms with Gasteiger partial charge >= 0.3 is 0 Å². The van der Waals surface area contributed by atoms with Crippen LogP contribution >= 0.6 is 11.8 Å². The molecule has 86 valence electrons. The first-order valence-corrected chi connectivity index (χ1v) is 6.40. The average molecular weight is 244 g/mol. The molecule has 0 radical (unpaired) electrons. The highest BCUT2D eigenvalue weighted by Crippen LogP contribution is 2.24. The molecule has 0 atom stereocenters. The Morgan fingerprint density at radius 1 is 1.18 bits per heavy atom. The number of aromatic amines is 1. The van der Waals surface area contributed by atoms with Gasteiger partial charge in [0.05, 0.1) is 0 Å². The molecule has 0 fully saturated rings. The number of fused-ring (bicyclic) bond motifs is 3. The zero-order valence-corrected chi connectivity index (χ0v) is 10.5. The number of hydrogen-bond donors (Lipinski definition) is 1. The molecule has 0 aliphatic rings.